The summed E-state index contributed by atoms with van der Waals surface area (Å²) < 4.78 is 15.9. The smallest absolute Gasteiger partial charge is 0.162 e. The lowest BCUT2D eigenvalue weighted by molar-refractivity contribution is 0.0487. The van der Waals surface area contributed by atoms with Gasteiger partial charge in [0, 0.05) is 68.5 Å². The number of nitrogens with zero attached hydrogens (tertiary/aromatic N) is 7. The topological polar surface area (TPSA) is 52.8 Å². The number of rotatable bonds is 3. The molecule has 0 radical (unpaired) electrons. The lowest BCUT2D eigenvalue weighted by Crippen LogP contribution is -2.62. The fourth-order valence-electron chi connectivity index (χ4n) is 4.97. The van der Waals surface area contributed by atoms with Gasteiger partial charge in [-0.1, -0.05) is 0 Å². The summed E-state index contributed by atoms with van der Waals surface area (Å²) in [4.78, 5) is 16.5. The molecule has 0 bridgehead atoms. The van der Waals surface area contributed by atoms with Crippen LogP contribution in [0.3, 0.4) is 0 Å². The molecule has 7 nitrogen and oxygen atoms in total. The van der Waals surface area contributed by atoms with E-state index in [9.17, 15) is 4.39 Å². The number of likely N-dealkylation sites (tertiary alicyclic amines) is 1. The number of aryl methyl sites for hydroxylation is 1. The molecule has 32 heavy (non-hydrogen) atoms. The first-order valence-electron chi connectivity index (χ1n) is 11.1. The predicted octanol–water partition coefficient (Wildman–Crippen LogP) is 2.83. The van der Waals surface area contributed by atoms with Crippen LogP contribution in [-0.2, 0) is 0 Å². The van der Waals surface area contributed by atoms with E-state index < -0.39 is 0 Å². The molecule has 2 aliphatic rings. The first-order chi connectivity index (χ1) is 15.6. The van der Waals surface area contributed by atoms with Crippen LogP contribution in [0.5, 0.6) is 0 Å². The van der Waals surface area contributed by atoms with Gasteiger partial charge in [0.2, 0.25) is 0 Å². The number of piperazine rings is 1. The molecule has 4 aromatic rings. The van der Waals surface area contributed by atoms with Crippen LogP contribution in [0.4, 0.5) is 10.1 Å². The number of hydrogen-bond acceptors (Lipinski definition) is 6. The van der Waals surface area contributed by atoms with Crippen LogP contribution < -0.4 is 4.90 Å². The van der Waals surface area contributed by atoms with E-state index in [2.05, 4.69) is 38.0 Å². The highest BCUT2D eigenvalue weighted by Crippen LogP contribution is 2.32. The van der Waals surface area contributed by atoms with E-state index in [0.717, 1.165) is 54.0 Å². The van der Waals surface area contributed by atoms with Gasteiger partial charge in [-0.05, 0) is 37.2 Å². The Labute approximate surface area is 186 Å². The number of hydrogen-bond donors (Lipinski definition) is 0. The summed E-state index contributed by atoms with van der Waals surface area (Å²) in [5, 5.41) is 5.50. The Kier molecular flexibility index (Phi) is 4.58. The third kappa shape index (κ3) is 3.22. The highest BCUT2D eigenvalue weighted by molar-refractivity contribution is 5.98. The minimum atomic E-state index is -0.241. The molecule has 1 aromatic carbocycles. The van der Waals surface area contributed by atoms with E-state index in [4.69, 9.17) is 4.98 Å². The summed E-state index contributed by atoms with van der Waals surface area (Å²) in [5.41, 5.74) is 5.01. The van der Waals surface area contributed by atoms with Crippen LogP contribution in [0.25, 0.3) is 27.7 Å². The van der Waals surface area contributed by atoms with Gasteiger partial charge in [0.05, 0.1) is 29.8 Å². The molecule has 0 unspecified atom stereocenters. The van der Waals surface area contributed by atoms with Crippen molar-refractivity contribution in [2.75, 3.05) is 51.2 Å². The van der Waals surface area contributed by atoms with Crippen LogP contribution in [0.15, 0.2) is 43.0 Å². The molecular weight excluding hydrogens is 405 g/mol. The van der Waals surface area contributed by atoms with Crippen molar-refractivity contribution in [1.82, 2.24) is 29.4 Å². The zero-order chi connectivity index (χ0) is 21.8. The second-order valence-corrected chi connectivity index (χ2v) is 9.01. The summed E-state index contributed by atoms with van der Waals surface area (Å²) in [6.07, 6.45) is 7.56. The Morgan fingerprint density at radius 3 is 2.59 bits per heavy atom. The summed E-state index contributed by atoms with van der Waals surface area (Å²) in [7, 11) is 2.18. The molecule has 5 heterocycles. The summed E-state index contributed by atoms with van der Waals surface area (Å²) in [5.74, 6) is -0.241. The van der Waals surface area contributed by atoms with Crippen molar-refractivity contribution in [2.45, 2.75) is 13.0 Å². The number of anilines is 1. The molecule has 0 amide bonds. The van der Waals surface area contributed by atoms with Gasteiger partial charge in [-0.25, -0.2) is 13.9 Å². The number of fused-ring (bicyclic) bond motifs is 2. The van der Waals surface area contributed by atoms with Crippen molar-refractivity contribution in [3.63, 3.8) is 0 Å². The molecule has 0 atom stereocenters. The molecule has 0 saturated carbocycles. The average molecular weight is 432 g/mol. The summed E-state index contributed by atoms with van der Waals surface area (Å²) >= 11 is 0. The maximum absolute atomic E-state index is 14.0. The molecule has 0 N–H and O–H groups in total. The maximum atomic E-state index is 14.0. The van der Waals surface area contributed by atoms with E-state index in [0.29, 0.717) is 17.1 Å². The summed E-state index contributed by atoms with van der Waals surface area (Å²) in [6.45, 7) is 8.30. The molecular formula is C24H26FN7. The molecule has 3 aromatic heterocycles. The monoisotopic (exact) mass is 431 g/mol. The second kappa shape index (κ2) is 7.50. The third-order valence-corrected chi connectivity index (χ3v) is 6.90. The second-order valence-electron chi connectivity index (χ2n) is 9.01. The Hall–Kier alpha value is -3.10. The van der Waals surface area contributed by atoms with Gasteiger partial charge in [0.25, 0.3) is 0 Å². The van der Waals surface area contributed by atoms with Crippen molar-refractivity contribution < 1.29 is 4.39 Å². The van der Waals surface area contributed by atoms with E-state index in [1.54, 1.807) is 13.1 Å². The lowest BCUT2D eigenvalue weighted by atomic mass is 10.0. The van der Waals surface area contributed by atoms with Crippen LogP contribution in [-0.4, -0.2) is 81.7 Å². The molecule has 2 fully saturated rings. The minimum absolute atomic E-state index is 0.241. The first-order valence-corrected chi connectivity index (χ1v) is 11.1. The summed E-state index contributed by atoms with van der Waals surface area (Å²) in [6, 6.07) is 6.00. The molecule has 2 saturated heterocycles. The predicted molar refractivity (Wildman–Crippen MR) is 123 cm³/mol. The third-order valence-electron chi connectivity index (χ3n) is 6.90. The standard InChI is InChI=1S/C24H26FN7/c1-16-9-20-19(3-4-26-23(20)10-22(16)25)21-12-28-32-15-17(11-27-24(21)32)30-5-7-31(8-6-30)18-13-29(2)14-18/h3-4,9-12,15,18H,5-8,13-14H2,1-2H3. The Morgan fingerprint density at radius 2 is 1.81 bits per heavy atom. The fraction of sp³-hybridized carbons (Fsp3) is 0.375. The van der Waals surface area contributed by atoms with Gasteiger partial charge in [-0.15, -0.1) is 0 Å². The molecule has 0 aliphatic carbocycles. The zero-order valence-electron chi connectivity index (χ0n) is 18.4. The molecule has 8 heteroatoms. The van der Waals surface area contributed by atoms with E-state index in [-0.39, 0.29) is 5.82 Å². The van der Waals surface area contributed by atoms with Gasteiger partial charge < -0.3 is 9.80 Å². The molecule has 0 spiro atoms. The van der Waals surface area contributed by atoms with Crippen molar-refractivity contribution in [1.29, 1.82) is 0 Å². The number of halogens is 1. The minimum Gasteiger partial charge on any atom is -0.366 e. The van der Waals surface area contributed by atoms with Crippen molar-refractivity contribution >= 4 is 22.2 Å². The number of pyridine rings is 1. The zero-order valence-corrected chi connectivity index (χ0v) is 18.4. The van der Waals surface area contributed by atoms with Crippen LogP contribution in [0.2, 0.25) is 0 Å². The quantitative estimate of drug-likeness (QED) is 0.497. The van der Waals surface area contributed by atoms with Crippen molar-refractivity contribution in [3.05, 3.63) is 54.4 Å². The normalized spacial score (nSPS) is 18.5. The van der Waals surface area contributed by atoms with E-state index in [1.807, 2.05) is 29.0 Å². The number of benzene rings is 1. The van der Waals surface area contributed by atoms with Gasteiger partial charge in [-0.3, -0.25) is 9.88 Å². The number of likely N-dealkylation sites (N-methyl/N-ethyl adjacent to an activating group) is 1. The Balaban J connectivity index is 1.29. The largest absolute Gasteiger partial charge is 0.366 e. The van der Waals surface area contributed by atoms with Gasteiger partial charge in [0.1, 0.15) is 5.82 Å². The van der Waals surface area contributed by atoms with E-state index >= 15 is 0 Å². The number of aromatic nitrogens is 4. The molecule has 164 valence electrons. The van der Waals surface area contributed by atoms with Gasteiger partial charge in [0.15, 0.2) is 5.65 Å². The molecule has 2 aliphatic heterocycles. The van der Waals surface area contributed by atoms with E-state index in [1.165, 1.54) is 19.2 Å². The Morgan fingerprint density at radius 1 is 1.00 bits per heavy atom. The van der Waals surface area contributed by atoms with Crippen molar-refractivity contribution in [3.8, 4) is 11.1 Å². The van der Waals surface area contributed by atoms with Crippen LogP contribution in [0, 0.1) is 12.7 Å². The lowest BCUT2D eigenvalue weighted by Gasteiger charge is -2.47. The maximum Gasteiger partial charge on any atom is 0.162 e. The van der Waals surface area contributed by atoms with Crippen molar-refractivity contribution in [2.24, 2.45) is 0 Å². The fourth-order valence-corrected chi connectivity index (χ4v) is 4.97. The highest BCUT2D eigenvalue weighted by atomic mass is 19.1. The molecule has 6 rings (SSSR count). The Bertz CT molecular complexity index is 1300. The van der Waals surface area contributed by atoms with Gasteiger partial charge in [-0.2, -0.15) is 5.10 Å². The van der Waals surface area contributed by atoms with Gasteiger partial charge >= 0.3 is 0 Å². The SMILES string of the molecule is Cc1cc2c(-c3cnn4cc(N5CCN(C6CN(C)C6)CC5)cnc34)ccnc2cc1F. The average Bonchev–Trinajstić information content (AvgIpc) is 3.21. The van der Waals surface area contributed by atoms with Crippen LogP contribution >= 0.6 is 0 Å². The van der Waals surface area contributed by atoms with Crippen LogP contribution in [0.1, 0.15) is 5.56 Å². The first kappa shape index (κ1) is 19.6. The highest BCUT2D eigenvalue weighted by Gasteiger charge is 2.31.